The van der Waals surface area contributed by atoms with Crippen LogP contribution in [0, 0.1) is 11.8 Å². The number of ether oxygens (including phenoxy) is 1. The monoisotopic (exact) mass is 399 g/mol. The number of hydrogen-bond acceptors (Lipinski definition) is 3. The number of carbonyl (C=O) groups is 1. The third-order valence-electron chi connectivity index (χ3n) is 4.51. The lowest BCUT2D eigenvalue weighted by molar-refractivity contribution is -0.182. The first-order chi connectivity index (χ1) is 11.8. The molecule has 0 aromatic carbocycles. The van der Waals surface area contributed by atoms with Crippen molar-refractivity contribution in [2.24, 2.45) is 11.8 Å². The molecule has 0 bridgehead atoms. The summed E-state index contributed by atoms with van der Waals surface area (Å²) in [5.41, 5.74) is 0. The minimum absolute atomic E-state index is 0.0585. The molecule has 3 atom stereocenters. The minimum Gasteiger partial charge on any atom is -0.463 e. The fourth-order valence-corrected chi connectivity index (χ4v) is 4.02. The van der Waals surface area contributed by atoms with Gasteiger partial charge in [-0.05, 0) is 47.0 Å². The van der Waals surface area contributed by atoms with E-state index < -0.39 is 45.9 Å². The molecule has 154 valence electrons. The molecule has 1 fully saturated rings. The third-order valence-corrected chi connectivity index (χ3v) is 6.09. The van der Waals surface area contributed by atoms with Crippen molar-refractivity contribution >= 4 is 17.0 Å². The highest BCUT2D eigenvalue weighted by Crippen LogP contribution is 2.36. The van der Waals surface area contributed by atoms with Gasteiger partial charge in [0.15, 0.2) is 0 Å². The van der Waals surface area contributed by atoms with Gasteiger partial charge < -0.3 is 4.74 Å². The average molecular weight is 400 g/mol. The SMILES string of the molecule is CC(C)OC(=O)[C@@H](CC1CCCCC1)[C@H](N[S@@](=O)C(C)(C)C)C(F)(F)F. The van der Waals surface area contributed by atoms with Crippen molar-refractivity contribution in [3.8, 4) is 0 Å². The highest BCUT2D eigenvalue weighted by Gasteiger charge is 2.50. The molecular weight excluding hydrogens is 367 g/mol. The topological polar surface area (TPSA) is 55.4 Å². The zero-order valence-electron chi connectivity index (χ0n) is 16.3. The van der Waals surface area contributed by atoms with Crippen LogP contribution >= 0.6 is 0 Å². The van der Waals surface area contributed by atoms with Gasteiger partial charge in [-0.15, -0.1) is 0 Å². The van der Waals surface area contributed by atoms with Gasteiger partial charge in [-0.3, -0.25) is 4.79 Å². The Bertz CT molecular complexity index is 483. The Morgan fingerprint density at radius 3 is 2.12 bits per heavy atom. The fraction of sp³-hybridized carbons (Fsp3) is 0.944. The maximum atomic E-state index is 13.8. The Morgan fingerprint density at radius 1 is 1.15 bits per heavy atom. The van der Waals surface area contributed by atoms with E-state index in [0.717, 1.165) is 32.1 Å². The average Bonchev–Trinajstić information content (AvgIpc) is 2.48. The summed E-state index contributed by atoms with van der Waals surface area (Å²) in [5, 5.41) is 0. The van der Waals surface area contributed by atoms with Gasteiger partial charge in [0, 0.05) is 0 Å². The van der Waals surface area contributed by atoms with E-state index in [2.05, 4.69) is 4.72 Å². The van der Waals surface area contributed by atoms with Crippen LogP contribution in [0.1, 0.15) is 73.1 Å². The molecule has 0 aromatic heterocycles. The molecule has 26 heavy (non-hydrogen) atoms. The van der Waals surface area contributed by atoms with Crippen LogP contribution in [-0.4, -0.2) is 33.2 Å². The molecule has 1 N–H and O–H groups in total. The molecule has 0 radical (unpaired) electrons. The predicted octanol–water partition coefficient (Wildman–Crippen LogP) is 4.51. The molecule has 1 aliphatic carbocycles. The van der Waals surface area contributed by atoms with Crippen LogP contribution in [-0.2, 0) is 20.5 Å². The summed E-state index contributed by atoms with van der Waals surface area (Å²) in [6, 6.07) is -2.18. The predicted molar refractivity (Wildman–Crippen MR) is 96.8 cm³/mol. The molecule has 1 saturated carbocycles. The first-order valence-electron chi connectivity index (χ1n) is 9.27. The summed E-state index contributed by atoms with van der Waals surface area (Å²) >= 11 is 0. The van der Waals surface area contributed by atoms with E-state index in [1.165, 1.54) is 0 Å². The van der Waals surface area contributed by atoms with Crippen LogP contribution in [0.5, 0.6) is 0 Å². The molecule has 8 heteroatoms. The number of alkyl halides is 3. The van der Waals surface area contributed by atoms with Crippen molar-refractivity contribution in [1.29, 1.82) is 0 Å². The van der Waals surface area contributed by atoms with E-state index in [-0.39, 0.29) is 12.3 Å². The smallest absolute Gasteiger partial charge is 0.405 e. The molecule has 0 heterocycles. The van der Waals surface area contributed by atoms with Crippen LogP contribution in [0.3, 0.4) is 0 Å². The molecule has 1 aliphatic rings. The quantitative estimate of drug-likeness (QED) is 0.641. The fourth-order valence-electron chi connectivity index (χ4n) is 3.14. The van der Waals surface area contributed by atoms with Gasteiger partial charge in [0.1, 0.15) is 6.04 Å². The lowest BCUT2D eigenvalue weighted by atomic mass is 9.80. The maximum absolute atomic E-state index is 13.8. The van der Waals surface area contributed by atoms with Crippen molar-refractivity contribution in [3.05, 3.63) is 0 Å². The zero-order chi connectivity index (χ0) is 20.1. The molecule has 0 unspecified atom stereocenters. The van der Waals surface area contributed by atoms with Crippen molar-refractivity contribution in [2.45, 2.75) is 96.2 Å². The number of nitrogens with one attached hydrogen (secondary N) is 1. The van der Waals surface area contributed by atoms with Crippen LogP contribution in [0.15, 0.2) is 0 Å². The van der Waals surface area contributed by atoms with Crippen LogP contribution in [0.2, 0.25) is 0 Å². The molecule has 0 saturated heterocycles. The van der Waals surface area contributed by atoms with Crippen molar-refractivity contribution < 1.29 is 26.9 Å². The van der Waals surface area contributed by atoms with Crippen LogP contribution in [0.25, 0.3) is 0 Å². The Hall–Kier alpha value is -0.630. The Labute approximate surface area is 157 Å². The van der Waals surface area contributed by atoms with Gasteiger partial charge in [-0.25, -0.2) is 8.93 Å². The number of rotatable bonds is 7. The van der Waals surface area contributed by atoms with Gasteiger partial charge in [0.25, 0.3) is 0 Å². The second-order valence-corrected chi connectivity index (χ2v) is 10.3. The third kappa shape index (κ3) is 7.55. The Kier molecular flexibility index (Phi) is 8.58. The Morgan fingerprint density at radius 2 is 1.69 bits per heavy atom. The standard InChI is InChI=1S/C18H32F3NO3S/c1-12(2)25-16(23)14(11-13-9-7-6-8-10-13)15(18(19,20)21)22-26(24)17(3,4)5/h12-15,22H,6-11H2,1-5H3/t14-,15-,26-/m0/s1. The molecular formula is C18H32F3NO3S. The second kappa shape index (κ2) is 9.53. The lowest BCUT2D eigenvalue weighted by Gasteiger charge is -2.33. The summed E-state index contributed by atoms with van der Waals surface area (Å²) in [5.74, 6) is -2.21. The van der Waals surface area contributed by atoms with E-state index >= 15 is 0 Å². The van der Waals surface area contributed by atoms with Crippen LogP contribution in [0.4, 0.5) is 13.2 Å². The van der Waals surface area contributed by atoms with Crippen molar-refractivity contribution in [2.75, 3.05) is 0 Å². The molecule has 0 amide bonds. The molecule has 0 aliphatic heterocycles. The molecule has 1 rings (SSSR count). The lowest BCUT2D eigenvalue weighted by Crippen LogP contribution is -2.54. The second-order valence-electron chi connectivity index (χ2n) is 8.35. The zero-order valence-corrected chi connectivity index (χ0v) is 17.1. The normalized spacial score (nSPS) is 20.7. The summed E-state index contributed by atoms with van der Waals surface area (Å²) in [4.78, 5) is 12.5. The minimum atomic E-state index is -4.70. The van der Waals surface area contributed by atoms with Crippen LogP contribution < -0.4 is 4.72 Å². The highest BCUT2D eigenvalue weighted by atomic mass is 32.2. The van der Waals surface area contributed by atoms with Gasteiger partial charge in [0.05, 0.1) is 27.8 Å². The molecule has 0 spiro atoms. The number of halogens is 3. The first kappa shape index (κ1) is 23.4. The first-order valence-corrected chi connectivity index (χ1v) is 10.4. The van der Waals surface area contributed by atoms with E-state index in [4.69, 9.17) is 4.74 Å². The summed E-state index contributed by atoms with van der Waals surface area (Å²) in [6.07, 6.45) is -0.453. The van der Waals surface area contributed by atoms with Gasteiger partial charge in [-0.2, -0.15) is 13.2 Å². The maximum Gasteiger partial charge on any atom is 0.405 e. The van der Waals surface area contributed by atoms with E-state index in [0.29, 0.717) is 0 Å². The summed E-state index contributed by atoms with van der Waals surface area (Å²) < 4.78 is 60.0. The highest BCUT2D eigenvalue weighted by molar-refractivity contribution is 7.84. The van der Waals surface area contributed by atoms with Gasteiger partial charge in [-0.1, -0.05) is 32.1 Å². The van der Waals surface area contributed by atoms with E-state index in [9.17, 15) is 22.2 Å². The number of hydrogen-bond donors (Lipinski definition) is 1. The van der Waals surface area contributed by atoms with Gasteiger partial charge in [0.2, 0.25) is 0 Å². The van der Waals surface area contributed by atoms with Gasteiger partial charge >= 0.3 is 12.1 Å². The number of carbonyl (C=O) groups excluding carboxylic acids is 1. The Balaban J connectivity index is 3.09. The number of esters is 1. The van der Waals surface area contributed by atoms with E-state index in [1.54, 1.807) is 34.6 Å². The summed E-state index contributed by atoms with van der Waals surface area (Å²) in [7, 11) is -1.95. The largest absolute Gasteiger partial charge is 0.463 e. The summed E-state index contributed by atoms with van der Waals surface area (Å²) in [6.45, 7) is 7.99. The molecule has 4 nitrogen and oxygen atoms in total. The molecule has 0 aromatic rings. The van der Waals surface area contributed by atoms with E-state index in [1.807, 2.05) is 0 Å². The van der Waals surface area contributed by atoms with Crippen molar-refractivity contribution in [3.63, 3.8) is 0 Å². The van der Waals surface area contributed by atoms with Crippen molar-refractivity contribution in [1.82, 2.24) is 4.72 Å².